The number of pyridine rings is 1. The van der Waals surface area contributed by atoms with Gasteiger partial charge < -0.3 is 10.0 Å². The van der Waals surface area contributed by atoms with Gasteiger partial charge in [0.05, 0.1) is 12.6 Å². The van der Waals surface area contributed by atoms with Gasteiger partial charge in [-0.05, 0) is 30.7 Å². The number of anilines is 1. The molecule has 0 aliphatic rings. The zero-order valence-electron chi connectivity index (χ0n) is 11.3. The molecule has 1 atom stereocenters. The Kier molecular flexibility index (Phi) is 4.57. The molecule has 2 aromatic rings. The summed E-state index contributed by atoms with van der Waals surface area (Å²) in [7, 11) is 1.77. The Bertz CT molecular complexity index is 589. The zero-order chi connectivity index (χ0) is 14.7. The summed E-state index contributed by atoms with van der Waals surface area (Å²) >= 11 is 5.86. The van der Waals surface area contributed by atoms with E-state index >= 15 is 0 Å². The molecule has 0 saturated carbocycles. The fourth-order valence-corrected chi connectivity index (χ4v) is 2.11. The zero-order valence-corrected chi connectivity index (χ0v) is 12.1. The largest absolute Gasteiger partial charge is 0.392 e. The SMILES string of the molecule is CC(c1ccc(Cl)cc1)N(C)c1nccc(CO)c1F. The third-order valence-electron chi connectivity index (χ3n) is 3.39. The molecule has 1 N–H and O–H groups in total. The topological polar surface area (TPSA) is 36.4 Å². The molecule has 5 heteroatoms. The number of hydrogen-bond acceptors (Lipinski definition) is 3. The van der Waals surface area contributed by atoms with Crippen LogP contribution in [-0.2, 0) is 6.61 Å². The number of rotatable bonds is 4. The van der Waals surface area contributed by atoms with E-state index in [9.17, 15) is 4.39 Å². The molecule has 1 aromatic carbocycles. The summed E-state index contributed by atoms with van der Waals surface area (Å²) in [5.74, 6) is -0.266. The molecule has 1 unspecified atom stereocenters. The molecular formula is C15H16ClFN2O. The van der Waals surface area contributed by atoms with Crippen molar-refractivity contribution in [2.24, 2.45) is 0 Å². The first-order valence-corrected chi connectivity index (χ1v) is 6.65. The summed E-state index contributed by atoms with van der Waals surface area (Å²) in [5.41, 5.74) is 1.25. The van der Waals surface area contributed by atoms with E-state index in [0.29, 0.717) is 5.02 Å². The molecular weight excluding hydrogens is 279 g/mol. The molecule has 3 nitrogen and oxygen atoms in total. The van der Waals surface area contributed by atoms with E-state index in [-0.39, 0.29) is 24.0 Å². The van der Waals surface area contributed by atoms with Gasteiger partial charge in [-0.3, -0.25) is 0 Å². The summed E-state index contributed by atoms with van der Waals surface area (Å²) in [6.45, 7) is 1.61. The van der Waals surface area contributed by atoms with Crippen molar-refractivity contribution in [1.82, 2.24) is 4.98 Å². The fourth-order valence-electron chi connectivity index (χ4n) is 1.99. The standard InChI is InChI=1S/C15H16ClFN2O/c1-10(11-3-5-13(16)6-4-11)19(2)15-14(17)12(9-20)7-8-18-15/h3-8,10,20H,9H2,1-2H3. The molecule has 0 radical (unpaired) electrons. The van der Waals surface area contributed by atoms with E-state index in [2.05, 4.69) is 4.98 Å². The van der Waals surface area contributed by atoms with Crippen LogP contribution in [0, 0.1) is 5.82 Å². The summed E-state index contributed by atoms with van der Waals surface area (Å²) in [6.07, 6.45) is 1.50. The quantitative estimate of drug-likeness (QED) is 0.936. The highest BCUT2D eigenvalue weighted by Crippen LogP contribution is 2.27. The molecule has 0 saturated heterocycles. The Morgan fingerprint density at radius 1 is 1.30 bits per heavy atom. The molecule has 0 aliphatic heterocycles. The Labute approximate surface area is 122 Å². The monoisotopic (exact) mass is 294 g/mol. The first-order valence-electron chi connectivity index (χ1n) is 6.27. The number of benzene rings is 1. The Morgan fingerprint density at radius 2 is 1.95 bits per heavy atom. The third kappa shape index (κ3) is 2.92. The summed E-state index contributed by atoms with van der Waals surface area (Å²) in [4.78, 5) is 5.80. The number of aliphatic hydroxyl groups excluding tert-OH is 1. The number of aliphatic hydroxyl groups is 1. The van der Waals surface area contributed by atoms with Crippen molar-refractivity contribution >= 4 is 17.4 Å². The molecule has 106 valence electrons. The Balaban J connectivity index is 2.31. The van der Waals surface area contributed by atoms with Crippen molar-refractivity contribution < 1.29 is 9.50 Å². The second kappa shape index (κ2) is 6.20. The lowest BCUT2D eigenvalue weighted by Gasteiger charge is -2.27. The average Bonchev–Trinajstić information content (AvgIpc) is 2.47. The van der Waals surface area contributed by atoms with E-state index in [1.54, 1.807) is 24.1 Å². The molecule has 1 aromatic heterocycles. The van der Waals surface area contributed by atoms with Crippen LogP contribution in [0.4, 0.5) is 10.2 Å². The van der Waals surface area contributed by atoms with Crippen LogP contribution in [-0.4, -0.2) is 17.1 Å². The number of halogens is 2. The van der Waals surface area contributed by atoms with Crippen molar-refractivity contribution in [2.75, 3.05) is 11.9 Å². The maximum atomic E-state index is 14.2. The van der Waals surface area contributed by atoms with Crippen LogP contribution < -0.4 is 4.90 Å². The van der Waals surface area contributed by atoms with Crippen LogP contribution >= 0.6 is 11.6 Å². The Hall–Kier alpha value is -1.65. The van der Waals surface area contributed by atoms with E-state index < -0.39 is 5.82 Å². The van der Waals surface area contributed by atoms with Crippen LogP contribution in [0.2, 0.25) is 5.02 Å². The van der Waals surface area contributed by atoms with E-state index in [4.69, 9.17) is 16.7 Å². The normalized spacial score (nSPS) is 12.2. The highest BCUT2D eigenvalue weighted by molar-refractivity contribution is 6.30. The predicted molar refractivity (Wildman–Crippen MR) is 78.4 cm³/mol. The number of nitrogens with zero attached hydrogens (tertiary/aromatic N) is 2. The van der Waals surface area contributed by atoms with Crippen molar-refractivity contribution in [2.45, 2.75) is 19.6 Å². The first kappa shape index (κ1) is 14.8. The minimum absolute atomic E-state index is 0.0665. The first-order chi connectivity index (χ1) is 9.54. The van der Waals surface area contributed by atoms with Crippen LogP contribution in [0.15, 0.2) is 36.5 Å². The highest BCUT2D eigenvalue weighted by atomic mass is 35.5. The van der Waals surface area contributed by atoms with Gasteiger partial charge in [0.2, 0.25) is 0 Å². The van der Waals surface area contributed by atoms with Gasteiger partial charge in [0.1, 0.15) is 0 Å². The van der Waals surface area contributed by atoms with Crippen LogP contribution in [0.5, 0.6) is 0 Å². The van der Waals surface area contributed by atoms with Crippen molar-refractivity contribution in [3.8, 4) is 0 Å². The maximum Gasteiger partial charge on any atom is 0.171 e. The summed E-state index contributed by atoms with van der Waals surface area (Å²) < 4.78 is 14.2. The lowest BCUT2D eigenvalue weighted by atomic mass is 10.1. The molecule has 0 spiro atoms. The third-order valence-corrected chi connectivity index (χ3v) is 3.64. The molecule has 0 aliphatic carbocycles. The van der Waals surface area contributed by atoms with Gasteiger partial charge in [-0.1, -0.05) is 23.7 Å². The van der Waals surface area contributed by atoms with Crippen molar-refractivity contribution in [1.29, 1.82) is 0 Å². The number of aromatic nitrogens is 1. The second-order valence-corrected chi connectivity index (χ2v) is 5.04. The van der Waals surface area contributed by atoms with Crippen LogP contribution in [0.25, 0.3) is 0 Å². The minimum atomic E-state index is -0.488. The highest BCUT2D eigenvalue weighted by Gasteiger charge is 2.18. The average molecular weight is 295 g/mol. The lowest BCUT2D eigenvalue weighted by molar-refractivity contribution is 0.275. The number of hydrogen-bond donors (Lipinski definition) is 1. The Morgan fingerprint density at radius 3 is 2.55 bits per heavy atom. The summed E-state index contributed by atoms with van der Waals surface area (Å²) in [5, 5.41) is 9.77. The van der Waals surface area contributed by atoms with Gasteiger partial charge in [0.15, 0.2) is 11.6 Å². The fraction of sp³-hybridized carbons (Fsp3) is 0.267. The summed E-state index contributed by atoms with van der Waals surface area (Å²) in [6, 6.07) is 8.81. The van der Waals surface area contributed by atoms with Gasteiger partial charge in [0, 0.05) is 23.8 Å². The molecule has 2 rings (SSSR count). The molecule has 1 heterocycles. The molecule has 20 heavy (non-hydrogen) atoms. The van der Waals surface area contributed by atoms with Crippen molar-refractivity contribution in [3.05, 3.63) is 58.5 Å². The van der Waals surface area contributed by atoms with Gasteiger partial charge in [0.25, 0.3) is 0 Å². The molecule has 0 bridgehead atoms. The van der Waals surface area contributed by atoms with Gasteiger partial charge in [-0.15, -0.1) is 0 Å². The smallest absolute Gasteiger partial charge is 0.171 e. The van der Waals surface area contributed by atoms with Gasteiger partial charge >= 0.3 is 0 Å². The second-order valence-electron chi connectivity index (χ2n) is 4.60. The molecule has 0 fully saturated rings. The minimum Gasteiger partial charge on any atom is -0.392 e. The molecule has 0 amide bonds. The van der Waals surface area contributed by atoms with Crippen LogP contribution in [0.1, 0.15) is 24.1 Å². The van der Waals surface area contributed by atoms with Crippen molar-refractivity contribution in [3.63, 3.8) is 0 Å². The van der Waals surface area contributed by atoms with E-state index in [1.165, 1.54) is 12.3 Å². The lowest BCUT2D eigenvalue weighted by Crippen LogP contribution is -2.24. The van der Waals surface area contributed by atoms with Gasteiger partial charge in [-0.25, -0.2) is 9.37 Å². The van der Waals surface area contributed by atoms with Gasteiger partial charge in [-0.2, -0.15) is 0 Å². The maximum absolute atomic E-state index is 14.2. The van der Waals surface area contributed by atoms with E-state index in [0.717, 1.165) is 5.56 Å². The van der Waals surface area contributed by atoms with E-state index in [1.807, 2.05) is 19.1 Å². The predicted octanol–water partition coefficient (Wildman–Crippen LogP) is 3.56. The van der Waals surface area contributed by atoms with Crippen LogP contribution in [0.3, 0.4) is 0 Å².